The Bertz CT molecular complexity index is 1120. The lowest BCUT2D eigenvalue weighted by Crippen LogP contribution is -2.37. The van der Waals surface area contributed by atoms with Gasteiger partial charge in [-0.2, -0.15) is 5.10 Å². The zero-order valence-corrected chi connectivity index (χ0v) is 19.7. The van der Waals surface area contributed by atoms with Crippen molar-refractivity contribution >= 4 is 41.0 Å². The van der Waals surface area contributed by atoms with Crippen LogP contribution in [0.25, 0.3) is 0 Å². The summed E-state index contributed by atoms with van der Waals surface area (Å²) in [4.78, 5) is 18.3. The topological polar surface area (TPSA) is 98.2 Å². The number of carbonyl (C=O) groups is 1. The van der Waals surface area contributed by atoms with Crippen LogP contribution < -0.4 is 11.1 Å². The highest BCUT2D eigenvalue weighted by Gasteiger charge is 2.35. The highest BCUT2D eigenvalue weighted by molar-refractivity contribution is 6.35. The van der Waals surface area contributed by atoms with Crippen LogP contribution in [0, 0.1) is 5.82 Å². The molecule has 32 heavy (non-hydrogen) atoms. The fourth-order valence-corrected chi connectivity index (χ4v) is 3.50. The predicted molar refractivity (Wildman–Crippen MR) is 127 cm³/mol. The van der Waals surface area contributed by atoms with E-state index in [1.165, 1.54) is 18.3 Å². The number of halogens is 3. The molecule has 10 heteroatoms. The van der Waals surface area contributed by atoms with Gasteiger partial charge in [0.15, 0.2) is 6.29 Å². The quantitative estimate of drug-likeness (QED) is 0.520. The number of aliphatic imine (C=N–C) groups is 1. The van der Waals surface area contributed by atoms with Gasteiger partial charge < -0.3 is 11.1 Å². The summed E-state index contributed by atoms with van der Waals surface area (Å²) in [5, 5.41) is 7.93. The Morgan fingerprint density at radius 1 is 1.25 bits per heavy atom. The second-order valence-corrected chi connectivity index (χ2v) is 7.57. The number of hydrogen-bond acceptors (Lipinski definition) is 6. The monoisotopic (exact) mass is 478 g/mol. The third-order valence-electron chi connectivity index (χ3n) is 4.59. The minimum atomic E-state index is -0.764. The van der Waals surface area contributed by atoms with Crippen LogP contribution in [-0.2, 0) is 12.1 Å². The Kier molecular flexibility index (Phi) is 8.74. The summed E-state index contributed by atoms with van der Waals surface area (Å²) in [5.74, 6) is 0.0872. The van der Waals surface area contributed by atoms with Gasteiger partial charge in [0.1, 0.15) is 28.6 Å². The molecule has 2 aromatic heterocycles. The molecule has 1 aromatic carbocycles. The molecule has 7 nitrogen and oxygen atoms in total. The summed E-state index contributed by atoms with van der Waals surface area (Å²) in [6.07, 6.45) is 3.62. The predicted octanol–water partition coefficient (Wildman–Crippen LogP) is 4.93. The zero-order chi connectivity index (χ0) is 23.9. The van der Waals surface area contributed by atoms with Crippen molar-refractivity contribution < 1.29 is 9.18 Å². The van der Waals surface area contributed by atoms with Crippen molar-refractivity contribution in [3.05, 3.63) is 75.5 Å². The van der Waals surface area contributed by atoms with Crippen molar-refractivity contribution in [2.75, 3.05) is 12.4 Å². The average Bonchev–Trinajstić information content (AvgIpc) is 3.24. The Morgan fingerprint density at radius 3 is 2.59 bits per heavy atom. The molecular weight excluding hydrogens is 454 g/mol. The smallest absolute Gasteiger partial charge is 0.169 e. The number of nitrogens with two attached hydrogens (primary N) is 1. The first-order chi connectivity index (χ1) is 15.3. The Morgan fingerprint density at radius 2 is 1.97 bits per heavy atom. The van der Waals surface area contributed by atoms with Crippen molar-refractivity contribution in [1.82, 2.24) is 14.8 Å². The summed E-state index contributed by atoms with van der Waals surface area (Å²) in [6, 6.07) is 8.17. The fraction of sp³-hybridized carbons (Fsp3) is 0.273. The third kappa shape index (κ3) is 5.63. The largest absolute Gasteiger partial charge is 0.388 e. The SMILES string of the molecule is CC.CNc1ccc(F)c(C2(C)Cn3nccc3C(N)=N2)c1.O=Cc1ncc(Cl)cc1Cl. The molecule has 0 fully saturated rings. The maximum Gasteiger partial charge on any atom is 0.169 e. The molecule has 0 saturated carbocycles. The first kappa shape index (κ1) is 25.3. The minimum Gasteiger partial charge on any atom is -0.388 e. The first-order valence-corrected chi connectivity index (χ1v) is 10.6. The molecule has 0 aliphatic carbocycles. The van der Waals surface area contributed by atoms with Crippen molar-refractivity contribution in [2.45, 2.75) is 32.9 Å². The highest BCUT2D eigenvalue weighted by atomic mass is 35.5. The Labute approximate surface area is 196 Å². The lowest BCUT2D eigenvalue weighted by molar-refractivity contribution is 0.111. The molecular formula is C22H25Cl2FN6O. The normalized spacial score (nSPS) is 16.4. The van der Waals surface area contributed by atoms with Crippen molar-refractivity contribution in [3.63, 3.8) is 0 Å². The molecule has 0 bridgehead atoms. The number of hydrogen-bond donors (Lipinski definition) is 2. The minimum absolute atomic E-state index is 0.214. The Balaban J connectivity index is 0.000000255. The van der Waals surface area contributed by atoms with Gasteiger partial charge in [-0.25, -0.2) is 4.39 Å². The van der Waals surface area contributed by atoms with E-state index >= 15 is 0 Å². The second-order valence-electron chi connectivity index (χ2n) is 6.73. The van der Waals surface area contributed by atoms with E-state index in [9.17, 15) is 9.18 Å². The number of fused-ring (bicyclic) bond motifs is 1. The van der Waals surface area contributed by atoms with Crippen LogP contribution in [0.15, 0.2) is 47.7 Å². The number of anilines is 1. The van der Waals surface area contributed by atoms with E-state index in [1.54, 1.807) is 36.1 Å². The standard InChI is InChI=1S/C14H16FN5.C6H3Cl2NO.C2H6/c1-14(10-7-9(17-2)3-4-11(10)15)8-20-12(5-6-18-20)13(16)19-14;7-4-1-5(8)6(3-10)9-2-4;1-2/h3-7,17H,8H2,1-2H3,(H2,16,19);1-3H;1-2H3. The maximum atomic E-state index is 14.2. The number of benzene rings is 1. The van der Waals surface area contributed by atoms with Crippen LogP contribution in [0.3, 0.4) is 0 Å². The number of amidine groups is 1. The molecule has 1 unspecified atom stereocenters. The fourth-order valence-electron chi connectivity index (χ4n) is 3.08. The van der Waals surface area contributed by atoms with Gasteiger partial charge in [0, 0.05) is 30.7 Å². The van der Waals surface area contributed by atoms with E-state index in [-0.39, 0.29) is 16.5 Å². The zero-order valence-electron chi connectivity index (χ0n) is 18.2. The molecule has 0 radical (unpaired) electrons. The number of nitrogens with zero attached hydrogens (tertiary/aromatic N) is 4. The van der Waals surface area contributed by atoms with Crippen LogP contribution in [-0.4, -0.2) is 33.9 Å². The average molecular weight is 479 g/mol. The molecule has 1 atom stereocenters. The molecule has 0 amide bonds. The van der Waals surface area contributed by atoms with Gasteiger partial charge in [0.2, 0.25) is 0 Å². The number of nitrogens with one attached hydrogen (secondary N) is 1. The van der Waals surface area contributed by atoms with E-state index < -0.39 is 5.54 Å². The first-order valence-electron chi connectivity index (χ1n) is 9.89. The molecule has 3 aromatic rings. The van der Waals surface area contributed by atoms with Gasteiger partial charge in [-0.15, -0.1) is 0 Å². The van der Waals surface area contributed by atoms with Gasteiger partial charge in [-0.05, 0) is 37.3 Å². The number of pyridine rings is 1. The summed E-state index contributed by atoms with van der Waals surface area (Å²) >= 11 is 11.1. The van der Waals surface area contributed by atoms with Gasteiger partial charge in [-0.1, -0.05) is 37.0 Å². The summed E-state index contributed by atoms with van der Waals surface area (Å²) in [7, 11) is 1.80. The summed E-state index contributed by atoms with van der Waals surface area (Å²) < 4.78 is 16.0. The molecule has 170 valence electrons. The van der Waals surface area contributed by atoms with Crippen LogP contribution >= 0.6 is 23.2 Å². The number of aromatic nitrogens is 3. The van der Waals surface area contributed by atoms with E-state index in [0.717, 1.165) is 11.4 Å². The Hall–Kier alpha value is -2.97. The van der Waals surface area contributed by atoms with Gasteiger partial charge in [0.05, 0.1) is 16.6 Å². The highest BCUT2D eigenvalue weighted by Crippen LogP contribution is 2.34. The van der Waals surface area contributed by atoms with Crippen LogP contribution in [0.5, 0.6) is 0 Å². The van der Waals surface area contributed by atoms with Crippen LogP contribution in [0.4, 0.5) is 10.1 Å². The van der Waals surface area contributed by atoms with Gasteiger partial charge >= 0.3 is 0 Å². The van der Waals surface area contributed by atoms with Gasteiger partial charge in [0.25, 0.3) is 0 Å². The number of aldehydes is 1. The van der Waals surface area contributed by atoms with E-state index in [2.05, 4.69) is 20.4 Å². The molecule has 0 spiro atoms. The molecule has 4 rings (SSSR count). The second kappa shape index (κ2) is 11.1. The van der Waals surface area contributed by atoms with E-state index in [4.69, 9.17) is 28.9 Å². The van der Waals surface area contributed by atoms with Crippen LogP contribution in [0.2, 0.25) is 10.0 Å². The van der Waals surface area contributed by atoms with Crippen molar-refractivity contribution in [3.8, 4) is 0 Å². The summed E-state index contributed by atoms with van der Waals surface area (Å²) in [5.41, 5.74) is 7.54. The van der Waals surface area contributed by atoms with Crippen molar-refractivity contribution in [1.29, 1.82) is 0 Å². The third-order valence-corrected chi connectivity index (χ3v) is 5.10. The summed E-state index contributed by atoms with van der Waals surface area (Å²) in [6.45, 7) is 6.32. The van der Waals surface area contributed by atoms with Crippen LogP contribution in [0.1, 0.15) is 42.5 Å². The maximum absolute atomic E-state index is 14.2. The lowest BCUT2D eigenvalue weighted by atomic mass is 9.90. The molecule has 3 N–H and O–H groups in total. The molecule has 0 saturated heterocycles. The van der Waals surface area contributed by atoms with E-state index in [0.29, 0.717) is 29.3 Å². The molecule has 3 heterocycles. The van der Waals surface area contributed by atoms with Gasteiger partial charge in [-0.3, -0.25) is 19.5 Å². The molecule has 1 aliphatic heterocycles. The van der Waals surface area contributed by atoms with E-state index in [1.807, 2.05) is 20.8 Å². The van der Waals surface area contributed by atoms with Crippen molar-refractivity contribution in [2.24, 2.45) is 10.7 Å². The number of rotatable bonds is 3. The molecule has 1 aliphatic rings. The lowest BCUT2D eigenvalue weighted by Gasteiger charge is -2.31. The number of carbonyl (C=O) groups excluding carboxylic acids is 1.